The maximum Gasteiger partial charge on any atom is 0.191 e. The first-order chi connectivity index (χ1) is 7.28. The summed E-state index contributed by atoms with van der Waals surface area (Å²) in [5.41, 5.74) is 0. The number of thiazole rings is 1. The molecule has 1 saturated carbocycles. The van der Waals surface area contributed by atoms with Crippen LogP contribution in [0.3, 0.4) is 0 Å². The molecule has 82 valence electrons. The first-order valence-electron chi connectivity index (χ1n) is 5.16. The first kappa shape index (κ1) is 10.4. The van der Waals surface area contributed by atoms with Crippen LogP contribution in [0.1, 0.15) is 22.7 Å². The monoisotopic (exact) mass is 224 g/mol. The number of hydrogen-bond donors (Lipinski definition) is 2. The van der Waals surface area contributed by atoms with E-state index in [1.165, 1.54) is 17.7 Å². The van der Waals surface area contributed by atoms with Gasteiger partial charge in [0.1, 0.15) is 0 Å². The Bertz CT molecular complexity index is 354. The molecule has 15 heavy (non-hydrogen) atoms. The van der Waals surface area contributed by atoms with Gasteiger partial charge in [-0.2, -0.15) is 0 Å². The summed E-state index contributed by atoms with van der Waals surface area (Å²) in [6.07, 6.45) is 4.44. The molecule has 0 aliphatic heterocycles. The Kier molecular flexibility index (Phi) is 3.20. The summed E-state index contributed by atoms with van der Waals surface area (Å²) in [5, 5.41) is 7.73. The fraction of sp³-hybridized carbons (Fsp3) is 0.600. The number of aromatic nitrogens is 1. The number of rotatable bonds is 3. The first-order valence-corrected chi connectivity index (χ1v) is 5.98. The molecule has 4 nitrogen and oxygen atoms in total. The number of aliphatic imine (C=N–C) groups is 1. The lowest BCUT2D eigenvalue weighted by Gasteiger charge is -2.09. The van der Waals surface area contributed by atoms with Gasteiger partial charge in [0.15, 0.2) is 5.96 Å². The molecule has 2 N–H and O–H groups in total. The van der Waals surface area contributed by atoms with Crippen molar-refractivity contribution in [2.45, 2.75) is 32.4 Å². The maximum atomic E-state index is 4.21. The highest BCUT2D eigenvalue weighted by atomic mass is 32.1. The fourth-order valence-corrected chi connectivity index (χ4v) is 2.01. The number of hydrogen-bond acceptors (Lipinski definition) is 3. The Labute approximate surface area is 93.8 Å². The van der Waals surface area contributed by atoms with Crippen molar-refractivity contribution in [2.75, 3.05) is 7.05 Å². The molecule has 2 rings (SSSR count). The second-order valence-corrected chi connectivity index (χ2v) is 5.01. The molecule has 1 aliphatic rings. The van der Waals surface area contributed by atoms with Gasteiger partial charge in [0.25, 0.3) is 0 Å². The number of nitrogens with zero attached hydrogens (tertiary/aromatic N) is 2. The van der Waals surface area contributed by atoms with E-state index in [1.54, 1.807) is 18.4 Å². The Balaban J connectivity index is 1.80. The van der Waals surface area contributed by atoms with Crippen molar-refractivity contribution in [3.63, 3.8) is 0 Å². The van der Waals surface area contributed by atoms with Crippen LogP contribution in [-0.2, 0) is 6.54 Å². The number of nitrogens with one attached hydrogen (secondary N) is 2. The quantitative estimate of drug-likeness (QED) is 0.600. The number of aryl methyl sites for hydroxylation is 1. The summed E-state index contributed by atoms with van der Waals surface area (Å²) in [6.45, 7) is 2.82. The SMILES string of the molecule is CN=C(NCc1cnc(C)s1)NC1CC1. The van der Waals surface area contributed by atoms with Crippen LogP contribution >= 0.6 is 11.3 Å². The van der Waals surface area contributed by atoms with Crippen molar-refractivity contribution in [1.29, 1.82) is 0 Å². The van der Waals surface area contributed by atoms with Crippen molar-refractivity contribution in [3.8, 4) is 0 Å². The van der Waals surface area contributed by atoms with E-state index in [-0.39, 0.29) is 0 Å². The van der Waals surface area contributed by atoms with Crippen molar-refractivity contribution >= 4 is 17.3 Å². The maximum absolute atomic E-state index is 4.21. The van der Waals surface area contributed by atoms with Crippen molar-refractivity contribution in [2.24, 2.45) is 4.99 Å². The third kappa shape index (κ3) is 3.20. The third-order valence-corrected chi connectivity index (χ3v) is 3.15. The molecule has 0 unspecified atom stereocenters. The highest BCUT2D eigenvalue weighted by molar-refractivity contribution is 7.11. The molecule has 5 heteroatoms. The van der Waals surface area contributed by atoms with Crippen LogP contribution in [0.5, 0.6) is 0 Å². The summed E-state index contributed by atoms with van der Waals surface area (Å²) in [7, 11) is 1.80. The molecule has 0 saturated heterocycles. The molecule has 0 spiro atoms. The minimum absolute atomic E-state index is 0.638. The standard InChI is InChI=1S/C10H16N4S/c1-7-12-5-9(15-7)6-13-10(11-2)14-8-3-4-8/h5,8H,3-4,6H2,1-2H3,(H2,11,13,14). The van der Waals surface area contributed by atoms with Crippen molar-refractivity contribution < 1.29 is 0 Å². The van der Waals surface area contributed by atoms with E-state index in [2.05, 4.69) is 20.6 Å². The largest absolute Gasteiger partial charge is 0.354 e. The number of guanidine groups is 1. The molecule has 0 radical (unpaired) electrons. The summed E-state index contributed by atoms with van der Waals surface area (Å²) in [4.78, 5) is 9.62. The van der Waals surface area contributed by atoms with Crippen LogP contribution < -0.4 is 10.6 Å². The predicted octanol–water partition coefficient (Wildman–Crippen LogP) is 1.28. The van der Waals surface area contributed by atoms with Crippen molar-refractivity contribution in [3.05, 3.63) is 16.1 Å². The van der Waals surface area contributed by atoms with E-state index in [9.17, 15) is 0 Å². The normalized spacial score (nSPS) is 16.5. The second kappa shape index (κ2) is 4.61. The molecule has 0 bridgehead atoms. The topological polar surface area (TPSA) is 49.3 Å². The average molecular weight is 224 g/mol. The van der Waals surface area contributed by atoms with Crippen LogP contribution in [0.15, 0.2) is 11.2 Å². The molecule has 0 atom stereocenters. The van der Waals surface area contributed by atoms with Crippen LogP contribution in [-0.4, -0.2) is 24.0 Å². The lowest BCUT2D eigenvalue weighted by atomic mass is 10.5. The molecule has 0 amide bonds. The van der Waals surface area contributed by atoms with E-state index >= 15 is 0 Å². The highest BCUT2D eigenvalue weighted by Crippen LogP contribution is 2.18. The van der Waals surface area contributed by atoms with E-state index in [1.807, 2.05) is 13.1 Å². The minimum Gasteiger partial charge on any atom is -0.354 e. The van der Waals surface area contributed by atoms with Gasteiger partial charge in [0.05, 0.1) is 11.6 Å². The molecule has 1 aromatic rings. The Morgan fingerprint density at radius 1 is 1.67 bits per heavy atom. The molecular formula is C10H16N4S. The van der Waals surface area contributed by atoms with Gasteiger partial charge in [0.2, 0.25) is 0 Å². The van der Waals surface area contributed by atoms with Gasteiger partial charge in [-0.25, -0.2) is 4.98 Å². The van der Waals surface area contributed by atoms with E-state index in [0.29, 0.717) is 6.04 Å². The molecular weight excluding hydrogens is 208 g/mol. The van der Waals surface area contributed by atoms with Gasteiger partial charge in [-0.1, -0.05) is 0 Å². The van der Waals surface area contributed by atoms with Crippen LogP contribution in [0.2, 0.25) is 0 Å². The summed E-state index contributed by atoms with van der Waals surface area (Å²) < 4.78 is 0. The predicted molar refractivity (Wildman–Crippen MR) is 63.2 cm³/mol. The van der Waals surface area contributed by atoms with Gasteiger partial charge < -0.3 is 10.6 Å². The smallest absolute Gasteiger partial charge is 0.191 e. The lowest BCUT2D eigenvalue weighted by Crippen LogP contribution is -2.37. The molecule has 1 fully saturated rings. The van der Waals surface area contributed by atoms with Gasteiger partial charge in [-0.15, -0.1) is 11.3 Å². The zero-order valence-corrected chi connectivity index (χ0v) is 9.90. The third-order valence-electron chi connectivity index (χ3n) is 2.24. The minimum atomic E-state index is 0.638. The molecule has 1 aromatic heterocycles. The van der Waals surface area contributed by atoms with Gasteiger partial charge >= 0.3 is 0 Å². The summed E-state index contributed by atoms with van der Waals surface area (Å²) in [5.74, 6) is 0.892. The van der Waals surface area contributed by atoms with E-state index < -0.39 is 0 Å². The Hall–Kier alpha value is -1.10. The fourth-order valence-electron chi connectivity index (χ4n) is 1.27. The molecule has 1 heterocycles. The Morgan fingerprint density at radius 2 is 2.47 bits per heavy atom. The van der Waals surface area contributed by atoms with Gasteiger partial charge in [-0.3, -0.25) is 4.99 Å². The van der Waals surface area contributed by atoms with E-state index in [0.717, 1.165) is 17.5 Å². The van der Waals surface area contributed by atoms with Gasteiger partial charge in [-0.05, 0) is 19.8 Å². The summed E-state index contributed by atoms with van der Waals surface area (Å²) in [6, 6.07) is 0.638. The van der Waals surface area contributed by atoms with Crippen LogP contribution in [0.25, 0.3) is 0 Å². The molecule has 1 aliphatic carbocycles. The zero-order chi connectivity index (χ0) is 10.7. The average Bonchev–Trinajstić information content (AvgIpc) is 2.95. The summed E-state index contributed by atoms with van der Waals surface area (Å²) >= 11 is 1.72. The molecule has 0 aromatic carbocycles. The Morgan fingerprint density at radius 3 is 3.00 bits per heavy atom. The van der Waals surface area contributed by atoms with Crippen LogP contribution in [0.4, 0.5) is 0 Å². The highest BCUT2D eigenvalue weighted by Gasteiger charge is 2.21. The second-order valence-electron chi connectivity index (χ2n) is 3.69. The van der Waals surface area contributed by atoms with Gasteiger partial charge in [0, 0.05) is 24.2 Å². The van der Waals surface area contributed by atoms with Crippen LogP contribution in [0, 0.1) is 6.92 Å². The van der Waals surface area contributed by atoms with E-state index in [4.69, 9.17) is 0 Å². The van der Waals surface area contributed by atoms with Crippen molar-refractivity contribution in [1.82, 2.24) is 15.6 Å². The zero-order valence-electron chi connectivity index (χ0n) is 9.08. The lowest BCUT2D eigenvalue weighted by molar-refractivity contribution is 0.810.